The minimum Gasteiger partial charge on any atom is -0.490 e. The average Bonchev–Trinajstić information content (AvgIpc) is 2.58. The van der Waals surface area contributed by atoms with Gasteiger partial charge in [-0.3, -0.25) is 9.78 Å². The molecule has 4 heteroatoms. The van der Waals surface area contributed by atoms with Crippen LogP contribution in [0.5, 0.6) is 5.75 Å². The van der Waals surface area contributed by atoms with E-state index in [4.69, 9.17) is 4.74 Å². The summed E-state index contributed by atoms with van der Waals surface area (Å²) in [5, 5.41) is 0. The standard InChI is InChI=1S/C18H20N2O2/c1-14-4-2-3-5-17(14)22-16-8-12-20(13-9-16)18(21)15-6-10-19-11-7-15/h2-7,10-11,16H,8-9,12-13H2,1H3. The first kappa shape index (κ1) is 14.6. The molecule has 0 spiro atoms. The Morgan fingerprint density at radius 1 is 1.14 bits per heavy atom. The highest BCUT2D eigenvalue weighted by atomic mass is 16.5. The number of nitrogens with zero attached hydrogens (tertiary/aromatic N) is 2. The molecule has 114 valence electrons. The van der Waals surface area contributed by atoms with E-state index in [0.717, 1.165) is 37.2 Å². The highest BCUT2D eigenvalue weighted by molar-refractivity contribution is 5.94. The highest BCUT2D eigenvalue weighted by Gasteiger charge is 2.24. The molecule has 2 heterocycles. The number of benzene rings is 1. The minimum atomic E-state index is 0.0803. The summed E-state index contributed by atoms with van der Waals surface area (Å²) >= 11 is 0. The van der Waals surface area contributed by atoms with Gasteiger partial charge in [-0.15, -0.1) is 0 Å². The zero-order valence-electron chi connectivity index (χ0n) is 12.7. The van der Waals surface area contributed by atoms with Gasteiger partial charge in [0.1, 0.15) is 11.9 Å². The summed E-state index contributed by atoms with van der Waals surface area (Å²) in [4.78, 5) is 18.2. The monoisotopic (exact) mass is 296 g/mol. The van der Waals surface area contributed by atoms with Crippen molar-refractivity contribution >= 4 is 5.91 Å². The average molecular weight is 296 g/mol. The van der Waals surface area contributed by atoms with E-state index in [1.807, 2.05) is 23.1 Å². The second-order valence-corrected chi connectivity index (χ2v) is 5.61. The van der Waals surface area contributed by atoms with Crippen molar-refractivity contribution in [1.29, 1.82) is 0 Å². The van der Waals surface area contributed by atoms with Crippen LogP contribution in [0.3, 0.4) is 0 Å². The van der Waals surface area contributed by atoms with Gasteiger partial charge in [-0.05, 0) is 30.7 Å². The predicted octanol–water partition coefficient (Wildman–Crippen LogP) is 3.07. The molecule has 22 heavy (non-hydrogen) atoms. The minimum absolute atomic E-state index is 0.0803. The topological polar surface area (TPSA) is 42.4 Å². The van der Waals surface area contributed by atoms with Crippen molar-refractivity contribution in [3.8, 4) is 5.75 Å². The number of para-hydroxylation sites is 1. The summed E-state index contributed by atoms with van der Waals surface area (Å²) in [7, 11) is 0. The number of carbonyl (C=O) groups excluding carboxylic acids is 1. The summed E-state index contributed by atoms with van der Waals surface area (Å²) in [5.41, 5.74) is 1.85. The van der Waals surface area contributed by atoms with Gasteiger partial charge in [-0.1, -0.05) is 18.2 Å². The van der Waals surface area contributed by atoms with E-state index in [9.17, 15) is 4.79 Å². The lowest BCUT2D eigenvalue weighted by Gasteiger charge is -2.32. The van der Waals surface area contributed by atoms with E-state index >= 15 is 0 Å². The second-order valence-electron chi connectivity index (χ2n) is 5.61. The third-order valence-corrected chi connectivity index (χ3v) is 4.04. The molecule has 0 atom stereocenters. The number of hydrogen-bond donors (Lipinski definition) is 0. The normalized spacial score (nSPS) is 15.6. The quantitative estimate of drug-likeness (QED) is 0.874. The lowest BCUT2D eigenvalue weighted by atomic mass is 10.1. The Morgan fingerprint density at radius 2 is 1.82 bits per heavy atom. The highest BCUT2D eigenvalue weighted by Crippen LogP contribution is 2.22. The van der Waals surface area contributed by atoms with Gasteiger partial charge in [0.15, 0.2) is 0 Å². The zero-order chi connectivity index (χ0) is 15.4. The molecule has 1 amide bonds. The Labute approximate surface area is 130 Å². The summed E-state index contributed by atoms with van der Waals surface area (Å²) in [6, 6.07) is 11.6. The molecule has 1 aliphatic heterocycles. The van der Waals surface area contributed by atoms with Gasteiger partial charge in [0.05, 0.1) is 0 Å². The lowest BCUT2D eigenvalue weighted by molar-refractivity contribution is 0.0594. The fourth-order valence-corrected chi connectivity index (χ4v) is 2.72. The molecule has 0 radical (unpaired) electrons. The maximum Gasteiger partial charge on any atom is 0.253 e. The molecule has 0 bridgehead atoms. The predicted molar refractivity (Wildman–Crippen MR) is 85.0 cm³/mol. The molecular weight excluding hydrogens is 276 g/mol. The second kappa shape index (κ2) is 6.60. The first-order chi connectivity index (χ1) is 10.7. The number of amides is 1. The number of piperidine rings is 1. The molecule has 0 unspecified atom stereocenters. The van der Waals surface area contributed by atoms with Gasteiger partial charge in [0, 0.05) is 43.9 Å². The van der Waals surface area contributed by atoms with Gasteiger partial charge in [0.2, 0.25) is 0 Å². The van der Waals surface area contributed by atoms with Crippen molar-refractivity contribution in [1.82, 2.24) is 9.88 Å². The molecule has 0 aliphatic carbocycles. The smallest absolute Gasteiger partial charge is 0.253 e. The van der Waals surface area contributed by atoms with Crippen molar-refractivity contribution in [2.75, 3.05) is 13.1 Å². The van der Waals surface area contributed by atoms with E-state index in [0.29, 0.717) is 5.56 Å². The van der Waals surface area contributed by atoms with Crippen molar-refractivity contribution in [2.45, 2.75) is 25.9 Å². The van der Waals surface area contributed by atoms with E-state index in [1.165, 1.54) is 0 Å². The van der Waals surface area contributed by atoms with E-state index < -0.39 is 0 Å². The zero-order valence-corrected chi connectivity index (χ0v) is 12.7. The Hall–Kier alpha value is -2.36. The van der Waals surface area contributed by atoms with E-state index in [-0.39, 0.29) is 12.0 Å². The van der Waals surface area contributed by atoms with Gasteiger partial charge in [-0.2, -0.15) is 0 Å². The molecule has 1 fully saturated rings. The largest absolute Gasteiger partial charge is 0.490 e. The Bertz CT molecular complexity index is 635. The number of pyridine rings is 1. The molecule has 1 aromatic heterocycles. The number of aromatic nitrogens is 1. The Morgan fingerprint density at radius 3 is 2.50 bits per heavy atom. The fourth-order valence-electron chi connectivity index (χ4n) is 2.72. The van der Waals surface area contributed by atoms with Crippen molar-refractivity contribution in [2.24, 2.45) is 0 Å². The van der Waals surface area contributed by atoms with E-state index in [2.05, 4.69) is 18.0 Å². The molecule has 4 nitrogen and oxygen atoms in total. The van der Waals surface area contributed by atoms with Crippen LogP contribution < -0.4 is 4.74 Å². The molecule has 2 aromatic rings. The van der Waals surface area contributed by atoms with Crippen LogP contribution in [0.2, 0.25) is 0 Å². The number of ether oxygens (including phenoxy) is 1. The van der Waals surface area contributed by atoms with Crippen LogP contribution in [0, 0.1) is 6.92 Å². The molecular formula is C18H20N2O2. The lowest BCUT2D eigenvalue weighted by Crippen LogP contribution is -2.41. The van der Waals surface area contributed by atoms with Crippen LogP contribution >= 0.6 is 0 Å². The van der Waals surface area contributed by atoms with Crippen LogP contribution in [-0.4, -0.2) is 35.0 Å². The molecule has 1 aromatic carbocycles. The molecule has 0 saturated carbocycles. The molecule has 1 saturated heterocycles. The number of rotatable bonds is 3. The van der Waals surface area contributed by atoms with Crippen LogP contribution in [0.1, 0.15) is 28.8 Å². The maximum absolute atomic E-state index is 12.4. The third kappa shape index (κ3) is 3.27. The molecule has 0 N–H and O–H groups in total. The van der Waals surface area contributed by atoms with Gasteiger partial charge in [-0.25, -0.2) is 0 Å². The Balaban J connectivity index is 1.57. The third-order valence-electron chi connectivity index (χ3n) is 4.04. The SMILES string of the molecule is Cc1ccccc1OC1CCN(C(=O)c2ccncc2)CC1. The van der Waals surface area contributed by atoms with Crippen LogP contribution in [0.15, 0.2) is 48.8 Å². The van der Waals surface area contributed by atoms with Crippen molar-refractivity contribution in [3.05, 3.63) is 59.9 Å². The van der Waals surface area contributed by atoms with Gasteiger partial charge >= 0.3 is 0 Å². The number of carbonyl (C=O) groups is 1. The molecule has 1 aliphatic rings. The Kier molecular flexibility index (Phi) is 4.37. The van der Waals surface area contributed by atoms with Gasteiger partial charge in [0.25, 0.3) is 5.91 Å². The number of hydrogen-bond acceptors (Lipinski definition) is 3. The summed E-state index contributed by atoms with van der Waals surface area (Å²) in [5.74, 6) is 1.03. The number of likely N-dealkylation sites (tertiary alicyclic amines) is 1. The molecule has 3 rings (SSSR count). The number of aryl methyl sites for hydroxylation is 1. The summed E-state index contributed by atoms with van der Waals surface area (Å²) < 4.78 is 6.07. The van der Waals surface area contributed by atoms with Crippen molar-refractivity contribution < 1.29 is 9.53 Å². The summed E-state index contributed by atoms with van der Waals surface area (Å²) in [6.07, 6.45) is 5.22. The first-order valence-electron chi connectivity index (χ1n) is 7.65. The summed E-state index contributed by atoms with van der Waals surface area (Å²) in [6.45, 7) is 3.52. The van der Waals surface area contributed by atoms with Gasteiger partial charge < -0.3 is 9.64 Å². The maximum atomic E-state index is 12.4. The van der Waals surface area contributed by atoms with Crippen LogP contribution in [0.4, 0.5) is 0 Å². The first-order valence-corrected chi connectivity index (χ1v) is 7.65. The van der Waals surface area contributed by atoms with Crippen molar-refractivity contribution in [3.63, 3.8) is 0 Å². The fraction of sp³-hybridized carbons (Fsp3) is 0.333. The van der Waals surface area contributed by atoms with E-state index in [1.54, 1.807) is 24.5 Å². The van der Waals surface area contributed by atoms with Crippen LogP contribution in [-0.2, 0) is 0 Å². The van der Waals surface area contributed by atoms with Crippen LogP contribution in [0.25, 0.3) is 0 Å².